The predicted molar refractivity (Wildman–Crippen MR) is 82.4 cm³/mol. The summed E-state index contributed by atoms with van der Waals surface area (Å²) in [7, 11) is 1.84. The van der Waals surface area contributed by atoms with E-state index >= 15 is 0 Å². The second-order valence-corrected chi connectivity index (χ2v) is 6.13. The molecule has 0 spiro atoms. The lowest BCUT2D eigenvalue weighted by Crippen LogP contribution is -2.50. The molecule has 0 radical (unpaired) electrons. The van der Waals surface area contributed by atoms with Gasteiger partial charge in [-0.15, -0.1) is 0 Å². The number of unbranched alkanes of at least 4 members (excludes halogenated alkanes) is 4. The fourth-order valence-electron chi connectivity index (χ4n) is 3.13. The molecule has 0 aromatic carbocycles. The second-order valence-electron chi connectivity index (χ2n) is 6.13. The molecule has 3 nitrogen and oxygen atoms in total. The zero-order valence-corrected chi connectivity index (χ0v) is 13.2. The minimum absolute atomic E-state index is 0.392. The van der Waals surface area contributed by atoms with Crippen LogP contribution in [-0.2, 0) is 4.74 Å². The second kappa shape index (κ2) is 9.73. The van der Waals surface area contributed by atoms with Gasteiger partial charge < -0.3 is 10.5 Å². The summed E-state index contributed by atoms with van der Waals surface area (Å²) >= 11 is 0. The van der Waals surface area contributed by atoms with Crippen LogP contribution >= 0.6 is 0 Å². The highest BCUT2D eigenvalue weighted by Gasteiger charge is 2.29. The van der Waals surface area contributed by atoms with Crippen LogP contribution < -0.4 is 5.73 Å². The Morgan fingerprint density at radius 2 is 2.00 bits per heavy atom. The number of hydrogen-bond donors (Lipinski definition) is 1. The normalized spacial score (nSPS) is 26.5. The molecule has 0 aliphatic carbocycles. The van der Waals surface area contributed by atoms with Crippen molar-refractivity contribution in [1.29, 1.82) is 0 Å². The molecule has 1 aliphatic heterocycles. The maximum absolute atomic E-state index is 5.98. The molecule has 0 saturated carbocycles. The van der Waals surface area contributed by atoms with Crippen molar-refractivity contribution in [2.45, 2.75) is 70.9 Å². The van der Waals surface area contributed by atoms with Gasteiger partial charge in [0.25, 0.3) is 0 Å². The lowest BCUT2D eigenvalue weighted by molar-refractivity contribution is -0.0192. The van der Waals surface area contributed by atoms with Gasteiger partial charge in [-0.05, 0) is 25.3 Å². The molecule has 0 amide bonds. The van der Waals surface area contributed by atoms with E-state index in [1.54, 1.807) is 0 Å². The fourth-order valence-corrected chi connectivity index (χ4v) is 3.13. The van der Waals surface area contributed by atoms with Crippen molar-refractivity contribution < 1.29 is 4.74 Å². The number of ether oxygens (including phenoxy) is 1. The summed E-state index contributed by atoms with van der Waals surface area (Å²) in [5.41, 5.74) is 5.98. The topological polar surface area (TPSA) is 38.5 Å². The molecule has 3 unspecified atom stereocenters. The first-order chi connectivity index (χ1) is 9.22. The molecular weight excluding hydrogens is 236 g/mol. The Balaban J connectivity index is 2.29. The standard InChI is InChI=1S/C16H34N2O/c1-4-5-6-7-8-9-15(12-17)18-11-10-14(2)16(13-18)19-3/h14-16H,4-13,17H2,1-3H3. The van der Waals surface area contributed by atoms with Gasteiger partial charge in [-0.1, -0.05) is 46.0 Å². The van der Waals surface area contributed by atoms with Gasteiger partial charge in [0.2, 0.25) is 0 Å². The minimum Gasteiger partial charge on any atom is -0.380 e. The fraction of sp³-hybridized carbons (Fsp3) is 1.00. The Morgan fingerprint density at radius 3 is 2.63 bits per heavy atom. The van der Waals surface area contributed by atoms with E-state index in [2.05, 4.69) is 18.7 Å². The van der Waals surface area contributed by atoms with Gasteiger partial charge >= 0.3 is 0 Å². The lowest BCUT2D eigenvalue weighted by Gasteiger charge is -2.40. The van der Waals surface area contributed by atoms with Crippen molar-refractivity contribution in [3.05, 3.63) is 0 Å². The summed E-state index contributed by atoms with van der Waals surface area (Å²) < 4.78 is 5.60. The highest BCUT2D eigenvalue weighted by atomic mass is 16.5. The van der Waals surface area contributed by atoms with Crippen LogP contribution in [0.15, 0.2) is 0 Å². The quantitative estimate of drug-likeness (QED) is 0.655. The highest BCUT2D eigenvalue weighted by molar-refractivity contribution is 4.83. The first-order valence-corrected chi connectivity index (χ1v) is 8.19. The van der Waals surface area contributed by atoms with Crippen molar-refractivity contribution in [3.63, 3.8) is 0 Å². The molecule has 0 bridgehead atoms. The summed E-state index contributed by atoms with van der Waals surface area (Å²) in [6, 6.07) is 0.562. The number of hydrogen-bond acceptors (Lipinski definition) is 3. The smallest absolute Gasteiger partial charge is 0.0724 e. The molecule has 2 N–H and O–H groups in total. The van der Waals surface area contributed by atoms with Crippen LogP contribution in [-0.4, -0.2) is 43.8 Å². The third-order valence-corrected chi connectivity index (χ3v) is 4.65. The Morgan fingerprint density at radius 1 is 1.26 bits per heavy atom. The van der Waals surface area contributed by atoms with E-state index in [0.717, 1.165) is 13.1 Å². The lowest BCUT2D eigenvalue weighted by atomic mass is 9.93. The molecular formula is C16H34N2O. The molecule has 3 heteroatoms. The van der Waals surface area contributed by atoms with Gasteiger partial charge in [0.15, 0.2) is 0 Å². The van der Waals surface area contributed by atoms with Crippen molar-refractivity contribution in [1.82, 2.24) is 4.90 Å². The van der Waals surface area contributed by atoms with Crippen molar-refractivity contribution in [2.75, 3.05) is 26.7 Å². The van der Waals surface area contributed by atoms with Crippen LogP contribution in [0.5, 0.6) is 0 Å². The van der Waals surface area contributed by atoms with Gasteiger partial charge in [0.05, 0.1) is 6.10 Å². The monoisotopic (exact) mass is 270 g/mol. The molecule has 1 aliphatic rings. The molecule has 19 heavy (non-hydrogen) atoms. The number of nitrogens with two attached hydrogens (primary N) is 1. The molecule has 3 atom stereocenters. The van der Waals surface area contributed by atoms with E-state index in [1.165, 1.54) is 51.5 Å². The third-order valence-electron chi connectivity index (χ3n) is 4.65. The number of rotatable bonds is 9. The first kappa shape index (κ1) is 16.9. The van der Waals surface area contributed by atoms with Crippen LogP contribution in [0.25, 0.3) is 0 Å². The van der Waals surface area contributed by atoms with Crippen LogP contribution in [0.1, 0.15) is 58.8 Å². The largest absolute Gasteiger partial charge is 0.380 e. The number of nitrogens with zero attached hydrogens (tertiary/aromatic N) is 1. The summed E-state index contributed by atoms with van der Waals surface area (Å²) in [6.07, 6.45) is 9.65. The van der Waals surface area contributed by atoms with Gasteiger partial charge in [-0.2, -0.15) is 0 Å². The highest BCUT2D eigenvalue weighted by Crippen LogP contribution is 2.22. The molecule has 1 fully saturated rings. The van der Waals surface area contributed by atoms with Crippen LogP contribution in [0.3, 0.4) is 0 Å². The van der Waals surface area contributed by atoms with Gasteiger partial charge in [0, 0.05) is 26.2 Å². The molecule has 1 heterocycles. The zero-order chi connectivity index (χ0) is 14.1. The molecule has 114 valence electrons. The maximum atomic E-state index is 5.98. The molecule has 0 aromatic rings. The van der Waals surface area contributed by atoms with E-state index in [9.17, 15) is 0 Å². The van der Waals surface area contributed by atoms with E-state index in [4.69, 9.17) is 10.5 Å². The van der Waals surface area contributed by atoms with Gasteiger partial charge in [-0.25, -0.2) is 0 Å². The molecule has 1 rings (SSSR count). The number of likely N-dealkylation sites (tertiary alicyclic amines) is 1. The van der Waals surface area contributed by atoms with E-state index in [1.807, 2.05) is 7.11 Å². The summed E-state index contributed by atoms with van der Waals surface area (Å²) in [5, 5.41) is 0. The van der Waals surface area contributed by atoms with E-state index in [0.29, 0.717) is 18.1 Å². The van der Waals surface area contributed by atoms with Crippen molar-refractivity contribution in [2.24, 2.45) is 11.7 Å². The van der Waals surface area contributed by atoms with Crippen molar-refractivity contribution >= 4 is 0 Å². The van der Waals surface area contributed by atoms with Crippen LogP contribution in [0, 0.1) is 5.92 Å². The summed E-state index contributed by atoms with van der Waals surface area (Å²) in [6.45, 7) is 7.61. The Hall–Kier alpha value is -0.120. The average molecular weight is 270 g/mol. The Labute approximate surface area is 119 Å². The zero-order valence-electron chi connectivity index (χ0n) is 13.2. The summed E-state index contributed by atoms with van der Waals surface area (Å²) in [5.74, 6) is 0.684. The third kappa shape index (κ3) is 5.80. The van der Waals surface area contributed by atoms with Crippen molar-refractivity contribution in [3.8, 4) is 0 Å². The van der Waals surface area contributed by atoms with E-state index < -0.39 is 0 Å². The maximum Gasteiger partial charge on any atom is 0.0724 e. The average Bonchev–Trinajstić information content (AvgIpc) is 2.44. The van der Waals surface area contributed by atoms with Crippen LogP contribution in [0.2, 0.25) is 0 Å². The van der Waals surface area contributed by atoms with Gasteiger partial charge in [0.1, 0.15) is 0 Å². The SMILES string of the molecule is CCCCCCCC(CN)N1CCC(C)C(OC)C1. The number of methoxy groups -OCH3 is 1. The van der Waals surface area contributed by atoms with Crippen LogP contribution in [0.4, 0.5) is 0 Å². The summed E-state index contributed by atoms with van der Waals surface area (Å²) in [4.78, 5) is 2.56. The molecule has 1 saturated heterocycles. The van der Waals surface area contributed by atoms with Gasteiger partial charge in [-0.3, -0.25) is 4.90 Å². The number of piperidine rings is 1. The Bertz CT molecular complexity index is 223. The Kier molecular flexibility index (Phi) is 8.67. The minimum atomic E-state index is 0.392. The predicted octanol–water partition coefficient (Wildman–Crippen LogP) is 3.03. The first-order valence-electron chi connectivity index (χ1n) is 8.19. The molecule has 0 aromatic heterocycles. The van der Waals surface area contributed by atoms with E-state index in [-0.39, 0.29) is 0 Å².